The molecule has 1 amide bonds. The van der Waals surface area contributed by atoms with Crippen molar-refractivity contribution >= 4 is 50.1 Å². The Hall–Kier alpha value is -4.99. The minimum absolute atomic E-state index is 0.00420. The molecule has 0 unspecified atom stereocenters. The summed E-state index contributed by atoms with van der Waals surface area (Å²) in [5.41, 5.74) is 5.33. The predicted molar refractivity (Wildman–Crippen MR) is 186 cm³/mol. The number of hydrogen-bond donors (Lipinski definition) is 2. The van der Waals surface area contributed by atoms with E-state index in [4.69, 9.17) is 13.7 Å². The lowest BCUT2D eigenvalue weighted by molar-refractivity contribution is -0.111. The van der Waals surface area contributed by atoms with E-state index in [0.717, 1.165) is 27.9 Å². The van der Waals surface area contributed by atoms with E-state index in [0.29, 0.717) is 33.7 Å². The SMILES string of the molecule is COc1cc(C(=O)CCCS(=O)(=O)O)ccc1/C=C(/C(=O)Nc1ccc(-c2cc3ccccc3o2)cc1)c1ccc(C(C)(C)C)cc1. The van der Waals surface area contributed by atoms with Gasteiger partial charge < -0.3 is 14.5 Å². The number of hydrogen-bond acceptors (Lipinski definition) is 6. The van der Waals surface area contributed by atoms with E-state index >= 15 is 0 Å². The lowest BCUT2D eigenvalue weighted by Crippen LogP contribution is -2.14. The molecule has 4 aromatic carbocycles. The van der Waals surface area contributed by atoms with Crippen LogP contribution >= 0.6 is 0 Å². The van der Waals surface area contributed by atoms with Crippen molar-refractivity contribution in [1.29, 1.82) is 0 Å². The summed E-state index contributed by atoms with van der Waals surface area (Å²) in [4.78, 5) is 26.6. The fraction of sp³-hybridized carbons (Fsp3) is 0.211. The van der Waals surface area contributed by atoms with Gasteiger partial charge >= 0.3 is 0 Å². The molecule has 0 saturated heterocycles. The van der Waals surface area contributed by atoms with Crippen LogP contribution in [0.25, 0.3) is 33.9 Å². The molecule has 8 nitrogen and oxygen atoms in total. The maximum atomic E-state index is 13.9. The van der Waals surface area contributed by atoms with Gasteiger partial charge in [0.1, 0.15) is 17.1 Å². The van der Waals surface area contributed by atoms with E-state index in [2.05, 4.69) is 26.1 Å². The Morgan fingerprint density at radius 3 is 2.21 bits per heavy atom. The lowest BCUT2D eigenvalue weighted by Gasteiger charge is -2.19. The molecule has 0 radical (unpaired) electrons. The number of nitrogens with one attached hydrogen (secondary N) is 1. The number of furan rings is 1. The van der Waals surface area contributed by atoms with Crippen LogP contribution in [0.15, 0.2) is 101 Å². The van der Waals surface area contributed by atoms with Gasteiger partial charge in [0.25, 0.3) is 16.0 Å². The van der Waals surface area contributed by atoms with Gasteiger partial charge in [0, 0.05) is 39.8 Å². The van der Waals surface area contributed by atoms with Crippen molar-refractivity contribution in [2.45, 2.75) is 39.0 Å². The summed E-state index contributed by atoms with van der Waals surface area (Å²) >= 11 is 0. The van der Waals surface area contributed by atoms with Crippen LogP contribution in [0.2, 0.25) is 0 Å². The molecule has 0 fully saturated rings. The van der Waals surface area contributed by atoms with E-state index in [1.165, 1.54) is 7.11 Å². The molecular weight excluding hydrogens is 614 g/mol. The molecule has 0 spiro atoms. The van der Waals surface area contributed by atoms with Crippen LogP contribution in [-0.2, 0) is 20.3 Å². The van der Waals surface area contributed by atoms with Gasteiger partial charge in [-0.2, -0.15) is 8.42 Å². The third kappa shape index (κ3) is 8.44. The second-order valence-corrected chi connectivity index (χ2v) is 13.9. The van der Waals surface area contributed by atoms with Crippen molar-refractivity contribution < 1.29 is 31.7 Å². The number of para-hydroxylation sites is 1. The molecule has 1 heterocycles. The first-order valence-corrected chi connectivity index (χ1v) is 16.8. The Kier molecular flexibility index (Phi) is 9.79. The molecule has 47 heavy (non-hydrogen) atoms. The van der Waals surface area contributed by atoms with E-state index in [9.17, 15) is 18.0 Å². The summed E-state index contributed by atoms with van der Waals surface area (Å²) < 4.78 is 42.6. The zero-order valence-corrected chi connectivity index (χ0v) is 27.6. The molecule has 9 heteroatoms. The summed E-state index contributed by atoms with van der Waals surface area (Å²) in [5, 5.41) is 4.02. The normalized spacial score (nSPS) is 12.2. The third-order valence-electron chi connectivity index (χ3n) is 7.82. The molecule has 0 aliphatic heterocycles. The van der Waals surface area contributed by atoms with Crippen LogP contribution < -0.4 is 10.1 Å². The first-order valence-electron chi connectivity index (χ1n) is 15.2. The number of carbonyl (C=O) groups excluding carboxylic acids is 2. The molecule has 5 rings (SSSR count). The topological polar surface area (TPSA) is 123 Å². The minimum Gasteiger partial charge on any atom is -0.496 e. The number of anilines is 1. The molecular formula is C38H37NO7S. The van der Waals surface area contributed by atoms with Gasteiger partial charge in [0.05, 0.1) is 12.9 Å². The summed E-state index contributed by atoms with van der Waals surface area (Å²) in [6, 6.07) is 29.9. The smallest absolute Gasteiger partial charge is 0.264 e. The largest absolute Gasteiger partial charge is 0.496 e. The fourth-order valence-corrected chi connectivity index (χ4v) is 5.70. The summed E-state index contributed by atoms with van der Waals surface area (Å²) in [6.45, 7) is 6.37. The Balaban J connectivity index is 1.43. The van der Waals surface area contributed by atoms with Crippen molar-refractivity contribution in [3.05, 3.63) is 119 Å². The molecule has 0 saturated carbocycles. The lowest BCUT2D eigenvalue weighted by atomic mass is 9.86. The van der Waals surface area contributed by atoms with Crippen LogP contribution in [-0.4, -0.2) is 37.5 Å². The summed E-state index contributed by atoms with van der Waals surface area (Å²) in [5.74, 6) is -0.0126. The molecule has 0 bridgehead atoms. The molecule has 0 aliphatic carbocycles. The quantitative estimate of drug-likeness (QED) is 0.0636. The number of Topliss-reactive ketones (excluding diaryl/α,β-unsaturated/α-hetero) is 1. The first-order chi connectivity index (χ1) is 22.3. The zero-order valence-electron chi connectivity index (χ0n) is 26.7. The van der Waals surface area contributed by atoms with Gasteiger partial charge in [-0.3, -0.25) is 14.1 Å². The van der Waals surface area contributed by atoms with Crippen LogP contribution in [0.5, 0.6) is 5.75 Å². The predicted octanol–water partition coefficient (Wildman–Crippen LogP) is 8.44. The second kappa shape index (κ2) is 13.8. The first kappa shape index (κ1) is 33.4. The van der Waals surface area contributed by atoms with Gasteiger partial charge in [-0.05, 0) is 71.5 Å². The Bertz CT molecular complexity index is 2020. The number of ketones is 1. The average Bonchev–Trinajstić information content (AvgIpc) is 3.47. The van der Waals surface area contributed by atoms with Crippen LogP contribution in [0.3, 0.4) is 0 Å². The molecule has 0 atom stereocenters. The van der Waals surface area contributed by atoms with Crippen molar-refractivity contribution in [3.8, 4) is 17.1 Å². The maximum absolute atomic E-state index is 13.9. The number of methoxy groups -OCH3 is 1. The van der Waals surface area contributed by atoms with Gasteiger partial charge in [0.2, 0.25) is 0 Å². The summed E-state index contributed by atoms with van der Waals surface area (Å²) in [6.07, 6.45) is 1.66. The van der Waals surface area contributed by atoms with Gasteiger partial charge in [-0.15, -0.1) is 0 Å². The van der Waals surface area contributed by atoms with E-state index in [1.807, 2.05) is 78.9 Å². The van der Waals surface area contributed by atoms with E-state index < -0.39 is 15.9 Å². The number of fused-ring (bicyclic) bond motifs is 1. The molecule has 0 aliphatic rings. The highest BCUT2D eigenvalue weighted by Crippen LogP contribution is 2.31. The van der Waals surface area contributed by atoms with Crippen molar-refractivity contribution in [2.75, 3.05) is 18.2 Å². The highest BCUT2D eigenvalue weighted by molar-refractivity contribution is 7.85. The van der Waals surface area contributed by atoms with Crippen molar-refractivity contribution in [2.24, 2.45) is 0 Å². The number of rotatable bonds is 11. The standard InChI is InChI=1S/C38H37NO7S/c1-38(2,3)30-17-13-25(14-18-30)32(22-29-12-11-27(23-35(29)45-4)33(40)9-7-21-47(42,43)44)37(41)39-31-19-15-26(16-20-31)36-24-28-8-5-6-10-34(28)46-36/h5-6,8,10-20,22-24H,7,9,21H2,1-4H3,(H,39,41)(H,42,43,44)/b32-22+. The van der Waals surface area contributed by atoms with Gasteiger partial charge in [-0.25, -0.2) is 0 Å². The Labute approximate surface area is 274 Å². The maximum Gasteiger partial charge on any atom is 0.264 e. The Morgan fingerprint density at radius 1 is 0.894 bits per heavy atom. The highest BCUT2D eigenvalue weighted by Gasteiger charge is 2.19. The van der Waals surface area contributed by atoms with Gasteiger partial charge in [-0.1, -0.05) is 75.4 Å². The minimum atomic E-state index is -4.15. The van der Waals surface area contributed by atoms with E-state index in [1.54, 1.807) is 24.3 Å². The monoisotopic (exact) mass is 651 g/mol. The fourth-order valence-electron chi connectivity index (χ4n) is 5.19. The van der Waals surface area contributed by atoms with Crippen LogP contribution in [0.1, 0.15) is 60.7 Å². The molecule has 242 valence electrons. The molecule has 2 N–H and O–H groups in total. The van der Waals surface area contributed by atoms with Crippen molar-refractivity contribution in [3.63, 3.8) is 0 Å². The van der Waals surface area contributed by atoms with Crippen LogP contribution in [0, 0.1) is 0 Å². The highest BCUT2D eigenvalue weighted by atomic mass is 32.2. The Morgan fingerprint density at radius 2 is 1.57 bits per heavy atom. The number of ether oxygens (including phenoxy) is 1. The molecule has 1 aromatic heterocycles. The van der Waals surface area contributed by atoms with Crippen molar-refractivity contribution in [1.82, 2.24) is 0 Å². The van der Waals surface area contributed by atoms with Gasteiger partial charge in [0.15, 0.2) is 5.78 Å². The third-order valence-corrected chi connectivity index (χ3v) is 8.63. The van der Waals surface area contributed by atoms with Crippen LogP contribution in [0.4, 0.5) is 5.69 Å². The average molecular weight is 652 g/mol. The van der Waals surface area contributed by atoms with E-state index in [-0.39, 0.29) is 29.9 Å². The number of benzene rings is 4. The summed E-state index contributed by atoms with van der Waals surface area (Å²) in [7, 11) is -2.68. The zero-order chi connectivity index (χ0) is 33.8. The number of carbonyl (C=O) groups is 2. The molecule has 5 aromatic rings. The second-order valence-electron chi connectivity index (χ2n) is 12.3. The number of amides is 1.